The molecule has 1 unspecified atom stereocenters. The van der Waals surface area contributed by atoms with Crippen LogP contribution in [0.15, 0.2) is 48.0 Å². The van der Waals surface area contributed by atoms with Gasteiger partial charge in [0.15, 0.2) is 0 Å². The highest BCUT2D eigenvalue weighted by molar-refractivity contribution is 7.92. The maximum Gasteiger partial charge on any atom is 0.343 e. The predicted octanol–water partition coefficient (Wildman–Crippen LogP) is 1.61. The fourth-order valence-corrected chi connectivity index (χ4v) is 4.51. The summed E-state index contributed by atoms with van der Waals surface area (Å²) in [6.45, 7) is 1.75. The maximum absolute atomic E-state index is 11.5. The molecule has 0 amide bonds. The monoisotopic (exact) mass is 519 g/mol. The van der Waals surface area contributed by atoms with Gasteiger partial charge in [0, 0.05) is 31.4 Å². The van der Waals surface area contributed by atoms with Crippen molar-refractivity contribution in [2.75, 3.05) is 35.5 Å². The second-order valence-corrected chi connectivity index (χ2v) is 10.3. The number of nitrogens with zero attached hydrogens (tertiary/aromatic N) is 1. The molecule has 0 spiro atoms. The van der Waals surface area contributed by atoms with E-state index in [1.54, 1.807) is 12.1 Å². The van der Waals surface area contributed by atoms with Gasteiger partial charge in [0.2, 0.25) is 10.0 Å². The molecule has 0 aliphatic carbocycles. The predicted molar refractivity (Wildman–Crippen MR) is 134 cm³/mol. The lowest BCUT2D eigenvalue weighted by Crippen LogP contribution is -2.43. The molecule has 1 atom stereocenters. The van der Waals surface area contributed by atoms with E-state index >= 15 is 0 Å². The Balaban J connectivity index is 1.52. The van der Waals surface area contributed by atoms with Gasteiger partial charge in [-0.1, -0.05) is 18.2 Å². The van der Waals surface area contributed by atoms with Crippen molar-refractivity contribution < 1.29 is 38.4 Å². The number of carboxylic acids is 2. The summed E-state index contributed by atoms with van der Waals surface area (Å²) in [6, 6.07) is 11.4. The Bertz CT molecular complexity index is 1220. The number of hydrogen-bond donors (Lipinski definition) is 6. The summed E-state index contributed by atoms with van der Waals surface area (Å²) in [4.78, 5) is 24.2. The van der Waals surface area contributed by atoms with Crippen LogP contribution in [0, 0.1) is 0 Å². The molecule has 2 aromatic carbocycles. The molecule has 36 heavy (non-hydrogen) atoms. The number of anilines is 2. The first-order valence-electron chi connectivity index (χ1n) is 11.2. The van der Waals surface area contributed by atoms with Crippen LogP contribution >= 0.6 is 0 Å². The number of benzene rings is 2. The van der Waals surface area contributed by atoms with Crippen LogP contribution in [0.2, 0.25) is 0 Å². The Morgan fingerprint density at radius 1 is 1.08 bits per heavy atom. The SMILES string of the molecule is CS(=O)(=O)Nc1cc(C(O)CNC2CCN(c3ccc(C=C(C(=O)O)C(=O)O)cc3)CC2)ccc1O. The molecular formula is C24H29N3O8S. The third-order valence-electron chi connectivity index (χ3n) is 5.83. The Morgan fingerprint density at radius 3 is 2.25 bits per heavy atom. The smallest absolute Gasteiger partial charge is 0.343 e. The Labute approximate surface area is 208 Å². The van der Waals surface area contributed by atoms with Crippen LogP contribution in [0.4, 0.5) is 11.4 Å². The topological polar surface area (TPSA) is 176 Å². The van der Waals surface area contributed by atoms with Gasteiger partial charge in [0.05, 0.1) is 18.0 Å². The summed E-state index contributed by atoms with van der Waals surface area (Å²) in [5.41, 5.74) is 1.19. The first-order chi connectivity index (χ1) is 16.9. The van der Waals surface area contributed by atoms with E-state index in [0.717, 1.165) is 44.0 Å². The number of aromatic hydroxyl groups is 1. The lowest BCUT2D eigenvalue weighted by molar-refractivity contribution is -0.140. The number of aliphatic hydroxyl groups excluding tert-OH is 1. The van der Waals surface area contributed by atoms with Crippen LogP contribution in [0.1, 0.15) is 30.1 Å². The Morgan fingerprint density at radius 2 is 1.69 bits per heavy atom. The van der Waals surface area contributed by atoms with Crippen LogP contribution in [0.25, 0.3) is 6.08 Å². The molecule has 0 radical (unpaired) electrons. The van der Waals surface area contributed by atoms with Gasteiger partial charge in [-0.3, -0.25) is 4.72 Å². The van der Waals surface area contributed by atoms with Gasteiger partial charge < -0.3 is 30.6 Å². The molecular weight excluding hydrogens is 490 g/mol. The molecule has 1 aliphatic rings. The molecule has 0 saturated carbocycles. The van der Waals surface area contributed by atoms with Crippen LogP contribution in [-0.4, -0.2) is 72.7 Å². The van der Waals surface area contributed by atoms with Crippen molar-refractivity contribution in [2.45, 2.75) is 25.0 Å². The number of hydrogen-bond acceptors (Lipinski definition) is 8. The van der Waals surface area contributed by atoms with Gasteiger partial charge in [-0.25, -0.2) is 18.0 Å². The summed E-state index contributed by atoms with van der Waals surface area (Å²) in [5, 5.41) is 41.7. The fourth-order valence-electron chi connectivity index (χ4n) is 3.94. The molecule has 12 heteroatoms. The molecule has 2 aromatic rings. The van der Waals surface area contributed by atoms with Crippen molar-refractivity contribution in [1.29, 1.82) is 0 Å². The van der Waals surface area contributed by atoms with E-state index in [4.69, 9.17) is 10.2 Å². The zero-order valence-corrected chi connectivity index (χ0v) is 20.4. The van der Waals surface area contributed by atoms with Crippen molar-refractivity contribution in [3.63, 3.8) is 0 Å². The minimum Gasteiger partial charge on any atom is -0.506 e. The highest BCUT2D eigenvalue weighted by atomic mass is 32.2. The minimum absolute atomic E-state index is 0.00557. The second kappa shape index (κ2) is 11.4. The van der Waals surface area contributed by atoms with Crippen molar-refractivity contribution >= 4 is 39.4 Å². The number of sulfonamides is 1. The normalized spacial score (nSPS) is 15.2. The number of rotatable bonds is 10. The van der Waals surface area contributed by atoms with Gasteiger partial charge in [-0.15, -0.1) is 0 Å². The molecule has 3 rings (SSSR count). The quantitative estimate of drug-likeness (QED) is 0.117. The van der Waals surface area contributed by atoms with E-state index in [0.29, 0.717) is 11.1 Å². The van der Waals surface area contributed by atoms with E-state index in [2.05, 4.69) is 14.9 Å². The zero-order chi connectivity index (χ0) is 26.5. The highest BCUT2D eigenvalue weighted by Crippen LogP contribution is 2.28. The van der Waals surface area contributed by atoms with Crippen LogP contribution in [0.5, 0.6) is 5.75 Å². The number of piperidine rings is 1. The average Bonchev–Trinajstić information content (AvgIpc) is 2.82. The summed E-state index contributed by atoms with van der Waals surface area (Å²) >= 11 is 0. The Kier molecular flexibility index (Phi) is 8.56. The van der Waals surface area contributed by atoms with Crippen LogP contribution in [-0.2, 0) is 19.6 Å². The summed E-state index contributed by atoms with van der Waals surface area (Å²) in [6.07, 6.45) is 2.82. The minimum atomic E-state index is -3.58. The number of nitrogens with one attached hydrogen (secondary N) is 2. The number of aliphatic carboxylic acids is 2. The van der Waals surface area contributed by atoms with E-state index in [1.807, 2.05) is 12.1 Å². The number of phenols is 1. The zero-order valence-electron chi connectivity index (χ0n) is 19.6. The fraction of sp³-hybridized carbons (Fsp3) is 0.333. The van der Waals surface area contributed by atoms with Crippen molar-refractivity contribution in [3.05, 3.63) is 59.2 Å². The van der Waals surface area contributed by atoms with E-state index in [9.17, 15) is 28.2 Å². The second-order valence-electron chi connectivity index (χ2n) is 8.60. The van der Waals surface area contributed by atoms with Gasteiger partial charge in [-0.05, 0) is 54.3 Å². The third kappa shape index (κ3) is 7.44. The van der Waals surface area contributed by atoms with Gasteiger partial charge in [-0.2, -0.15) is 0 Å². The standard InChI is InChI=1S/C24H29N3O8S/c1-36(34,35)26-20-13-16(4-7-21(20)28)22(29)14-25-17-8-10-27(11-9-17)18-5-2-15(3-6-18)12-19(23(30)31)24(32)33/h2-7,12-13,17,22,25-26,28-29H,8-11,14H2,1H3,(H,30,31)(H,32,33). The number of carbonyl (C=O) groups is 2. The lowest BCUT2D eigenvalue weighted by atomic mass is 10.0. The summed E-state index contributed by atoms with van der Waals surface area (Å²) in [5.74, 6) is -3.23. The largest absolute Gasteiger partial charge is 0.506 e. The maximum atomic E-state index is 11.5. The molecule has 1 fully saturated rings. The number of aliphatic hydroxyl groups is 1. The first kappa shape index (κ1) is 27.0. The van der Waals surface area contributed by atoms with Crippen molar-refractivity contribution in [2.24, 2.45) is 0 Å². The third-order valence-corrected chi connectivity index (χ3v) is 6.42. The van der Waals surface area contributed by atoms with Crippen molar-refractivity contribution in [1.82, 2.24) is 5.32 Å². The first-order valence-corrected chi connectivity index (χ1v) is 13.1. The summed E-state index contributed by atoms with van der Waals surface area (Å²) in [7, 11) is -3.58. The number of phenolic OH excluding ortho intramolecular Hbond substituents is 1. The molecule has 0 aromatic heterocycles. The molecule has 0 bridgehead atoms. The van der Waals surface area contributed by atoms with Crippen molar-refractivity contribution in [3.8, 4) is 5.75 Å². The van der Waals surface area contributed by atoms with Crippen LogP contribution in [0.3, 0.4) is 0 Å². The van der Waals surface area contributed by atoms with E-state index < -0.39 is 33.6 Å². The van der Waals surface area contributed by atoms with E-state index in [-0.39, 0.29) is 24.0 Å². The lowest BCUT2D eigenvalue weighted by Gasteiger charge is -2.34. The molecule has 1 saturated heterocycles. The van der Waals surface area contributed by atoms with Gasteiger partial charge in [0.1, 0.15) is 11.3 Å². The molecule has 11 nitrogen and oxygen atoms in total. The Hall–Kier alpha value is -3.61. The highest BCUT2D eigenvalue weighted by Gasteiger charge is 2.21. The molecule has 6 N–H and O–H groups in total. The average molecular weight is 520 g/mol. The van der Waals surface area contributed by atoms with E-state index in [1.165, 1.54) is 18.2 Å². The van der Waals surface area contributed by atoms with Crippen LogP contribution < -0.4 is 14.9 Å². The molecule has 1 heterocycles. The molecule has 1 aliphatic heterocycles. The number of carboxylic acid groups (broad SMARTS) is 2. The van der Waals surface area contributed by atoms with Gasteiger partial charge >= 0.3 is 11.9 Å². The molecule has 194 valence electrons. The summed E-state index contributed by atoms with van der Waals surface area (Å²) < 4.78 is 25.1. The van der Waals surface area contributed by atoms with Gasteiger partial charge in [0.25, 0.3) is 0 Å².